The molecule has 2 rings (SSSR count). The number of halogens is 1. The number of benzene rings is 1. The molecule has 0 spiro atoms. The number of anilines is 1. The van der Waals surface area contributed by atoms with Gasteiger partial charge in [0.15, 0.2) is 6.54 Å². The Labute approximate surface area is 112 Å². The maximum atomic E-state index is 8.49. The minimum Gasteiger partial charge on any atom is -0.497 e. The highest BCUT2D eigenvalue weighted by Gasteiger charge is 2.20. The molecule has 1 heterocycles. The summed E-state index contributed by atoms with van der Waals surface area (Å²) in [5.41, 5.74) is 1.11. The monoisotopic (exact) mass is 291 g/mol. The second-order valence-electron chi connectivity index (χ2n) is 3.67. The van der Waals surface area contributed by atoms with Crippen molar-refractivity contribution in [3.8, 4) is 5.75 Å². The van der Waals surface area contributed by atoms with Crippen molar-refractivity contribution in [2.45, 2.75) is 0 Å². The highest BCUT2D eigenvalue weighted by Crippen LogP contribution is 2.20. The third-order valence-corrected chi connectivity index (χ3v) is 2.27. The molecule has 1 aliphatic rings. The Balaban J connectivity index is 0.000000312. The summed E-state index contributed by atoms with van der Waals surface area (Å²) in [6.45, 7) is 1.93. The molecule has 8 nitrogen and oxygen atoms in total. The van der Waals surface area contributed by atoms with Crippen molar-refractivity contribution in [1.82, 2.24) is 0 Å². The lowest BCUT2D eigenvalue weighted by molar-refractivity contribution is -2.00. The second-order valence-corrected chi connectivity index (χ2v) is 4.43. The van der Waals surface area contributed by atoms with Gasteiger partial charge in [0.1, 0.15) is 18.0 Å². The lowest BCUT2D eigenvalue weighted by Gasteiger charge is -2.17. The molecule has 1 aliphatic heterocycles. The first-order valence-corrected chi connectivity index (χ1v) is 6.49. The number of methoxy groups -OCH3 is 1. The zero-order valence-corrected chi connectivity index (χ0v) is 11.2. The predicted molar refractivity (Wildman–Crippen MR) is 53.8 cm³/mol. The fourth-order valence-electron chi connectivity index (χ4n) is 1.45. The molecule has 0 fully saturated rings. The number of ether oxygens (including phenoxy) is 1. The average molecular weight is 292 g/mol. The number of nitrogens with zero attached hydrogens (tertiary/aromatic N) is 3. The molecule has 1 aromatic carbocycles. The zero-order valence-electron chi connectivity index (χ0n) is 10.5. The summed E-state index contributed by atoms with van der Waals surface area (Å²) < 4.78 is 41.0. The molecule has 0 N–H and O–H groups in total. The Morgan fingerprint density at radius 1 is 1.21 bits per heavy atom. The van der Waals surface area contributed by atoms with Crippen LogP contribution < -0.4 is 28.4 Å². The molecule has 0 bridgehead atoms. The molecule has 106 valence electrons. The highest BCUT2D eigenvalue weighted by molar-refractivity contribution is 5.48. The van der Waals surface area contributed by atoms with Gasteiger partial charge in [0.05, 0.1) is 19.4 Å². The maximum Gasteiger partial charge on any atom is 0.153 e. The Hall–Kier alpha value is -1.45. The first kappa shape index (κ1) is 15.6. The summed E-state index contributed by atoms with van der Waals surface area (Å²) in [6.07, 6.45) is 0. The van der Waals surface area contributed by atoms with Gasteiger partial charge in [-0.05, 0) is 24.3 Å². The van der Waals surface area contributed by atoms with Crippen LogP contribution in [0.4, 0.5) is 5.69 Å². The van der Waals surface area contributed by atoms with Crippen molar-refractivity contribution >= 4 is 5.69 Å². The number of rotatable bonds is 2. The smallest absolute Gasteiger partial charge is 0.153 e. The third kappa shape index (κ3) is 6.32. The quantitative estimate of drug-likeness (QED) is 0.528. The van der Waals surface area contributed by atoms with Crippen LogP contribution in [0.25, 0.3) is 0 Å². The van der Waals surface area contributed by atoms with Gasteiger partial charge in [0, 0.05) is 0 Å². The standard InChI is InChI=1S/C10H14N3O.ClHO4/c1-12-7-8-13(11-12)9-3-5-10(14-2)6-4-9;2-1(3,4)5/h3-6H,7-8H2,1-2H3;(H,2,3,4,5)/q+1;/p-1. The van der Waals surface area contributed by atoms with Gasteiger partial charge >= 0.3 is 0 Å². The van der Waals surface area contributed by atoms with E-state index in [2.05, 4.69) is 5.22 Å². The van der Waals surface area contributed by atoms with E-state index in [9.17, 15) is 0 Å². The van der Waals surface area contributed by atoms with E-state index in [0.717, 1.165) is 24.5 Å². The molecule has 0 amide bonds. The summed E-state index contributed by atoms with van der Waals surface area (Å²) in [6, 6.07) is 7.93. The van der Waals surface area contributed by atoms with Crippen molar-refractivity contribution in [2.24, 2.45) is 5.22 Å². The van der Waals surface area contributed by atoms with Crippen molar-refractivity contribution in [3.63, 3.8) is 0 Å². The van der Waals surface area contributed by atoms with E-state index in [1.807, 2.05) is 41.0 Å². The van der Waals surface area contributed by atoms with Crippen LogP contribution in [0.3, 0.4) is 0 Å². The second kappa shape index (κ2) is 6.64. The van der Waals surface area contributed by atoms with Gasteiger partial charge in [0.25, 0.3) is 0 Å². The average Bonchev–Trinajstić information content (AvgIpc) is 2.74. The topological polar surface area (TPSA) is 120 Å². The minimum absolute atomic E-state index is 0.876. The van der Waals surface area contributed by atoms with E-state index < -0.39 is 10.2 Å². The van der Waals surface area contributed by atoms with Gasteiger partial charge in [-0.25, -0.2) is 18.6 Å². The number of hydrogen-bond donors (Lipinski definition) is 0. The molecule has 0 aliphatic carbocycles. The summed E-state index contributed by atoms with van der Waals surface area (Å²) in [5, 5.41) is 6.33. The third-order valence-electron chi connectivity index (χ3n) is 2.27. The zero-order chi connectivity index (χ0) is 14.5. The highest BCUT2D eigenvalue weighted by atomic mass is 35.7. The van der Waals surface area contributed by atoms with E-state index in [0.29, 0.717) is 0 Å². The maximum absolute atomic E-state index is 8.49. The SMILES string of the molecule is COc1ccc(N2CC[N+](C)=N2)cc1.[O-][Cl+3]([O-])([O-])[O-]. The molecule has 0 aromatic heterocycles. The van der Waals surface area contributed by atoms with E-state index >= 15 is 0 Å². The summed E-state index contributed by atoms with van der Waals surface area (Å²) in [5.74, 6) is 0.876. The van der Waals surface area contributed by atoms with E-state index in [4.69, 9.17) is 23.4 Å². The number of likely N-dealkylation sites (N-methyl/N-ethyl adjacent to an activating group) is 1. The first-order chi connectivity index (χ1) is 8.79. The summed E-state index contributed by atoms with van der Waals surface area (Å²) >= 11 is 0. The molecular formula is C10H14ClN3O5. The van der Waals surface area contributed by atoms with Crippen LogP contribution in [-0.4, -0.2) is 31.9 Å². The van der Waals surface area contributed by atoms with Crippen molar-refractivity contribution < 1.29 is 38.3 Å². The fourth-order valence-corrected chi connectivity index (χ4v) is 1.45. The molecule has 1 aromatic rings. The Kier molecular flexibility index (Phi) is 5.45. The molecule has 0 saturated heterocycles. The van der Waals surface area contributed by atoms with Gasteiger partial charge in [-0.1, -0.05) is 0 Å². The number of hydrogen-bond acceptors (Lipinski definition) is 7. The molecule has 0 radical (unpaired) electrons. The van der Waals surface area contributed by atoms with E-state index in [-0.39, 0.29) is 0 Å². The van der Waals surface area contributed by atoms with E-state index in [1.54, 1.807) is 7.11 Å². The van der Waals surface area contributed by atoms with Crippen LogP contribution >= 0.6 is 0 Å². The predicted octanol–water partition coefficient (Wildman–Crippen LogP) is -3.23. The van der Waals surface area contributed by atoms with Crippen LogP contribution in [0.2, 0.25) is 0 Å². The van der Waals surface area contributed by atoms with Crippen LogP contribution in [0.5, 0.6) is 5.75 Å². The van der Waals surface area contributed by atoms with Gasteiger partial charge in [-0.2, -0.15) is 4.70 Å². The van der Waals surface area contributed by atoms with Crippen molar-refractivity contribution in [3.05, 3.63) is 24.3 Å². The van der Waals surface area contributed by atoms with Gasteiger partial charge in [-0.3, -0.25) is 0 Å². The lowest BCUT2D eigenvalue weighted by atomic mass is 10.3. The van der Waals surface area contributed by atoms with Gasteiger partial charge in [0.2, 0.25) is 0 Å². The van der Waals surface area contributed by atoms with E-state index in [1.165, 1.54) is 0 Å². The molecule has 9 heteroatoms. The fraction of sp³-hybridized carbons (Fsp3) is 0.400. The molecule has 19 heavy (non-hydrogen) atoms. The van der Waals surface area contributed by atoms with Crippen LogP contribution in [-0.2, 0) is 0 Å². The first-order valence-electron chi connectivity index (χ1n) is 5.25. The van der Waals surface area contributed by atoms with Crippen molar-refractivity contribution in [2.75, 3.05) is 32.3 Å². The van der Waals surface area contributed by atoms with Crippen LogP contribution in [0, 0.1) is 10.2 Å². The molecule has 0 atom stereocenters. The van der Waals surface area contributed by atoms with Crippen LogP contribution in [0.1, 0.15) is 0 Å². The normalized spacial score (nSPS) is 14.6. The largest absolute Gasteiger partial charge is 0.497 e. The summed E-state index contributed by atoms with van der Waals surface area (Å²) in [4.78, 5) is 0. The lowest BCUT2D eigenvalue weighted by Crippen LogP contribution is -2.68. The van der Waals surface area contributed by atoms with Crippen LogP contribution in [0.15, 0.2) is 29.5 Å². The van der Waals surface area contributed by atoms with Gasteiger partial charge in [-0.15, -0.1) is 15.3 Å². The van der Waals surface area contributed by atoms with Crippen molar-refractivity contribution in [1.29, 1.82) is 0 Å². The minimum atomic E-state index is -4.94. The van der Waals surface area contributed by atoms with Gasteiger partial charge < -0.3 is 4.74 Å². The summed E-state index contributed by atoms with van der Waals surface area (Å²) in [7, 11) is -1.30. The Bertz CT molecular complexity index is 426. The molecule has 0 saturated carbocycles. The Morgan fingerprint density at radius 2 is 1.74 bits per heavy atom. The Morgan fingerprint density at radius 3 is 2.11 bits per heavy atom. The molecular weight excluding hydrogens is 278 g/mol. The molecule has 0 unspecified atom stereocenters.